The third kappa shape index (κ3) is 3.97. The second kappa shape index (κ2) is 6.94. The van der Waals surface area contributed by atoms with E-state index in [1.165, 1.54) is 0 Å². The number of hydrogen-bond acceptors (Lipinski definition) is 3. The molecule has 0 saturated carbocycles. The van der Waals surface area contributed by atoms with Gasteiger partial charge in [0, 0.05) is 31.1 Å². The van der Waals surface area contributed by atoms with E-state index in [2.05, 4.69) is 13.0 Å². The summed E-state index contributed by atoms with van der Waals surface area (Å²) in [5.74, 6) is 1.69. The number of hydrogen-bond donors (Lipinski definition) is 1. The molecule has 1 amide bonds. The fourth-order valence-corrected chi connectivity index (χ4v) is 2.75. The van der Waals surface area contributed by atoms with Crippen LogP contribution in [-0.2, 0) is 11.3 Å². The summed E-state index contributed by atoms with van der Waals surface area (Å²) in [7, 11) is 1.66. The van der Waals surface area contributed by atoms with Crippen molar-refractivity contribution in [2.75, 3.05) is 13.7 Å². The minimum atomic E-state index is -0.0190. The van der Waals surface area contributed by atoms with E-state index in [0.717, 1.165) is 36.3 Å². The number of likely N-dealkylation sites (tertiary alicyclic amines) is 1. The molecule has 116 valence electrons. The number of benzene rings is 1. The van der Waals surface area contributed by atoms with Crippen molar-refractivity contribution in [3.05, 3.63) is 29.3 Å². The van der Waals surface area contributed by atoms with Crippen LogP contribution in [0.4, 0.5) is 0 Å². The van der Waals surface area contributed by atoms with E-state index in [0.29, 0.717) is 18.9 Å². The molecule has 1 aromatic carbocycles. The van der Waals surface area contributed by atoms with Crippen molar-refractivity contribution in [2.45, 2.75) is 45.7 Å². The average molecular weight is 290 g/mol. The number of rotatable bonds is 4. The molecule has 21 heavy (non-hydrogen) atoms. The molecule has 2 N–H and O–H groups in total. The third-order valence-electron chi connectivity index (χ3n) is 4.29. The molecule has 1 aliphatic rings. The van der Waals surface area contributed by atoms with Crippen LogP contribution in [0.2, 0.25) is 0 Å². The predicted molar refractivity (Wildman–Crippen MR) is 84.0 cm³/mol. The summed E-state index contributed by atoms with van der Waals surface area (Å²) in [5.41, 5.74) is 8.06. The molecule has 1 aromatic rings. The zero-order chi connectivity index (χ0) is 15.4. The van der Waals surface area contributed by atoms with Gasteiger partial charge in [-0.2, -0.15) is 0 Å². The maximum atomic E-state index is 12.2. The molecule has 0 aromatic heterocycles. The fourth-order valence-electron chi connectivity index (χ4n) is 2.75. The summed E-state index contributed by atoms with van der Waals surface area (Å²) in [5, 5.41) is 0. The molecule has 1 saturated heterocycles. The number of carbonyl (C=O) groups excluding carboxylic acids is 1. The largest absolute Gasteiger partial charge is 0.496 e. The molecule has 0 spiro atoms. The number of nitrogens with two attached hydrogens (primary N) is 1. The Morgan fingerprint density at radius 1 is 1.43 bits per heavy atom. The van der Waals surface area contributed by atoms with Crippen molar-refractivity contribution >= 4 is 5.91 Å². The molecular weight excluding hydrogens is 264 g/mol. The summed E-state index contributed by atoms with van der Waals surface area (Å²) >= 11 is 0. The average Bonchev–Trinajstić information content (AvgIpc) is 2.62. The lowest BCUT2D eigenvalue weighted by atomic mass is 10.0. The summed E-state index contributed by atoms with van der Waals surface area (Å²) in [6, 6.07) is 5.97. The standard InChI is InChI=1S/C17H26N2O2/c1-12-4-7-17(20)19(9-8-12)11-15-10-14(13(2)18)5-6-16(15)21-3/h5-6,10,12-13H,4,7-9,11,18H2,1-3H3. The van der Waals surface area contributed by atoms with Gasteiger partial charge in [0.05, 0.1) is 7.11 Å². The zero-order valence-corrected chi connectivity index (χ0v) is 13.3. The smallest absolute Gasteiger partial charge is 0.222 e. The van der Waals surface area contributed by atoms with Gasteiger partial charge in [0.15, 0.2) is 0 Å². The Kier molecular flexibility index (Phi) is 5.23. The van der Waals surface area contributed by atoms with Crippen LogP contribution < -0.4 is 10.5 Å². The number of amides is 1. The molecule has 1 aliphatic heterocycles. The van der Waals surface area contributed by atoms with E-state index >= 15 is 0 Å². The van der Waals surface area contributed by atoms with Crippen molar-refractivity contribution in [1.82, 2.24) is 4.90 Å². The van der Waals surface area contributed by atoms with Crippen LogP contribution in [0.5, 0.6) is 5.75 Å². The zero-order valence-electron chi connectivity index (χ0n) is 13.3. The second-order valence-electron chi connectivity index (χ2n) is 6.11. The number of ether oxygens (including phenoxy) is 1. The molecule has 0 aliphatic carbocycles. The van der Waals surface area contributed by atoms with Gasteiger partial charge in [0.2, 0.25) is 5.91 Å². The Labute approximate surface area is 127 Å². The van der Waals surface area contributed by atoms with Crippen LogP contribution >= 0.6 is 0 Å². The fraction of sp³-hybridized carbons (Fsp3) is 0.588. The van der Waals surface area contributed by atoms with E-state index in [4.69, 9.17) is 10.5 Å². The molecule has 4 heteroatoms. The Morgan fingerprint density at radius 3 is 2.86 bits per heavy atom. The molecule has 0 bridgehead atoms. The molecule has 2 unspecified atom stereocenters. The highest BCUT2D eigenvalue weighted by Gasteiger charge is 2.21. The Bertz CT molecular complexity index is 500. The van der Waals surface area contributed by atoms with E-state index in [1.54, 1.807) is 7.11 Å². The van der Waals surface area contributed by atoms with Crippen molar-refractivity contribution in [2.24, 2.45) is 11.7 Å². The van der Waals surface area contributed by atoms with Crippen molar-refractivity contribution in [1.29, 1.82) is 0 Å². The normalized spacial score (nSPS) is 21.0. The predicted octanol–water partition coefficient (Wildman–Crippen LogP) is 2.86. The monoisotopic (exact) mass is 290 g/mol. The van der Waals surface area contributed by atoms with Gasteiger partial charge < -0.3 is 15.4 Å². The highest BCUT2D eigenvalue weighted by Crippen LogP contribution is 2.26. The van der Waals surface area contributed by atoms with Crippen molar-refractivity contribution in [3.63, 3.8) is 0 Å². The maximum absolute atomic E-state index is 12.2. The van der Waals surface area contributed by atoms with Crippen LogP contribution in [0.3, 0.4) is 0 Å². The lowest BCUT2D eigenvalue weighted by molar-refractivity contribution is -0.131. The van der Waals surface area contributed by atoms with Crippen molar-refractivity contribution in [3.8, 4) is 5.75 Å². The number of methoxy groups -OCH3 is 1. The lowest BCUT2D eigenvalue weighted by Gasteiger charge is -2.23. The second-order valence-corrected chi connectivity index (χ2v) is 6.11. The summed E-state index contributed by atoms with van der Waals surface area (Å²) in [6.07, 6.45) is 2.71. The third-order valence-corrected chi connectivity index (χ3v) is 4.29. The van der Waals surface area contributed by atoms with Crippen LogP contribution in [0.25, 0.3) is 0 Å². The minimum Gasteiger partial charge on any atom is -0.496 e. The quantitative estimate of drug-likeness (QED) is 0.927. The Morgan fingerprint density at radius 2 is 2.19 bits per heavy atom. The summed E-state index contributed by atoms with van der Waals surface area (Å²) < 4.78 is 5.43. The molecule has 2 rings (SSSR count). The van der Waals surface area contributed by atoms with Gasteiger partial charge in [-0.15, -0.1) is 0 Å². The van der Waals surface area contributed by atoms with E-state index in [1.807, 2.05) is 24.0 Å². The van der Waals surface area contributed by atoms with Crippen LogP contribution in [0.15, 0.2) is 18.2 Å². The van der Waals surface area contributed by atoms with Gasteiger partial charge in [-0.05, 0) is 43.4 Å². The van der Waals surface area contributed by atoms with Gasteiger partial charge in [-0.25, -0.2) is 0 Å². The first-order valence-corrected chi connectivity index (χ1v) is 7.71. The van der Waals surface area contributed by atoms with Crippen LogP contribution in [0.1, 0.15) is 50.3 Å². The molecule has 4 nitrogen and oxygen atoms in total. The summed E-state index contributed by atoms with van der Waals surface area (Å²) in [6.45, 7) is 5.61. The van der Waals surface area contributed by atoms with Gasteiger partial charge in [-0.3, -0.25) is 4.79 Å². The SMILES string of the molecule is COc1ccc(C(C)N)cc1CN1CCC(C)CCC1=O. The van der Waals surface area contributed by atoms with Gasteiger partial charge in [0.1, 0.15) is 5.75 Å². The highest BCUT2D eigenvalue weighted by molar-refractivity contribution is 5.76. The first-order valence-electron chi connectivity index (χ1n) is 7.71. The van der Waals surface area contributed by atoms with E-state index < -0.39 is 0 Å². The maximum Gasteiger partial charge on any atom is 0.222 e. The molecule has 2 atom stereocenters. The number of carbonyl (C=O) groups is 1. The van der Waals surface area contributed by atoms with Gasteiger partial charge in [0.25, 0.3) is 0 Å². The molecular formula is C17H26N2O2. The topological polar surface area (TPSA) is 55.6 Å². The molecule has 0 radical (unpaired) electrons. The Hall–Kier alpha value is -1.55. The lowest BCUT2D eigenvalue weighted by Crippen LogP contribution is -2.30. The minimum absolute atomic E-state index is 0.0190. The Balaban J connectivity index is 2.20. The molecule has 1 heterocycles. The molecule has 1 fully saturated rings. The van der Waals surface area contributed by atoms with Crippen molar-refractivity contribution < 1.29 is 9.53 Å². The van der Waals surface area contributed by atoms with Crippen LogP contribution in [-0.4, -0.2) is 24.5 Å². The van der Waals surface area contributed by atoms with Gasteiger partial charge >= 0.3 is 0 Å². The highest BCUT2D eigenvalue weighted by atomic mass is 16.5. The summed E-state index contributed by atoms with van der Waals surface area (Å²) in [4.78, 5) is 14.2. The van der Waals surface area contributed by atoms with E-state index in [-0.39, 0.29) is 11.9 Å². The van der Waals surface area contributed by atoms with E-state index in [9.17, 15) is 4.79 Å². The van der Waals surface area contributed by atoms with Gasteiger partial charge in [-0.1, -0.05) is 13.0 Å². The van der Waals surface area contributed by atoms with Crippen LogP contribution in [0, 0.1) is 5.92 Å². The number of nitrogens with zero attached hydrogens (tertiary/aromatic N) is 1. The first-order chi connectivity index (χ1) is 10.0. The first kappa shape index (κ1) is 15.8.